The topological polar surface area (TPSA) is 29.3 Å². The van der Waals surface area contributed by atoms with Crippen LogP contribution in [-0.2, 0) is 0 Å². The molecular weight excluding hydrogens is 184 g/mol. The van der Waals surface area contributed by atoms with Gasteiger partial charge in [-0.1, -0.05) is 19.8 Å². The molecule has 2 nitrogen and oxygen atoms in total. The van der Waals surface area contributed by atoms with Gasteiger partial charge in [0.15, 0.2) is 0 Å². The fourth-order valence-electron chi connectivity index (χ4n) is 2.84. The average Bonchev–Trinajstić information content (AvgIpc) is 2.18. The van der Waals surface area contributed by atoms with E-state index in [2.05, 4.69) is 25.7 Å². The standard InChI is InChI=1S/C13H28N2/c1-11(2)15(9-5-8-14)13-7-4-6-12(3)10-13/h11-13H,4-10,14H2,1-3H3. The van der Waals surface area contributed by atoms with Gasteiger partial charge in [0.05, 0.1) is 0 Å². The molecule has 0 aliphatic heterocycles. The summed E-state index contributed by atoms with van der Waals surface area (Å²) in [4.78, 5) is 2.67. The van der Waals surface area contributed by atoms with E-state index in [0.717, 1.165) is 24.9 Å². The van der Waals surface area contributed by atoms with Gasteiger partial charge in [-0.3, -0.25) is 4.90 Å². The Hall–Kier alpha value is -0.0800. The molecule has 0 heterocycles. The molecule has 1 saturated carbocycles. The molecule has 0 bridgehead atoms. The number of nitrogens with zero attached hydrogens (tertiary/aromatic N) is 1. The van der Waals surface area contributed by atoms with E-state index in [4.69, 9.17) is 5.73 Å². The highest BCUT2D eigenvalue weighted by Crippen LogP contribution is 2.28. The Morgan fingerprint density at radius 3 is 2.60 bits per heavy atom. The molecule has 0 radical (unpaired) electrons. The van der Waals surface area contributed by atoms with Crippen LogP contribution < -0.4 is 5.73 Å². The highest BCUT2D eigenvalue weighted by molar-refractivity contribution is 4.80. The molecule has 2 heteroatoms. The van der Waals surface area contributed by atoms with Crippen molar-refractivity contribution in [3.8, 4) is 0 Å². The summed E-state index contributed by atoms with van der Waals surface area (Å²) in [5.41, 5.74) is 5.61. The fraction of sp³-hybridized carbons (Fsp3) is 1.00. The normalized spacial score (nSPS) is 27.6. The Kier molecular flexibility index (Phi) is 5.62. The fourth-order valence-corrected chi connectivity index (χ4v) is 2.84. The molecule has 0 saturated heterocycles. The van der Waals surface area contributed by atoms with Gasteiger partial charge >= 0.3 is 0 Å². The van der Waals surface area contributed by atoms with Crippen molar-refractivity contribution in [1.29, 1.82) is 0 Å². The lowest BCUT2D eigenvalue weighted by molar-refractivity contribution is 0.103. The lowest BCUT2D eigenvalue weighted by Gasteiger charge is -2.39. The van der Waals surface area contributed by atoms with Crippen molar-refractivity contribution < 1.29 is 0 Å². The predicted octanol–water partition coefficient (Wildman–Crippen LogP) is 2.62. The zero-order valence-electron chi connectivity index (χ0n) is 10.7. The van der Waals surface area contributed by atoms with Crippen LogP contribution in [0.3, 0.4) is 0 Å². The number of hydrogen-bond donors (Lipinski definition) is 1. The molecule has 2 atom stereocenters. The summed E-state index contributed by atoms with van der Waals surface area (Å²) in [6.07, 6.45) is 6.77. The highest BCUT2D eigenvalue weighted by Gasteiger charge is 2.25. The van der Waals surface area contributed by atoms with E-state index < -0.39 is 0 Å². The Morgan fingerprint density at radius 2 is 2.07 bits per heavy atom. The van der Waals surface area contributed by atoms with Gasteiger partial charge in [-0.05, 0) is 52.1 Å². The molecule has 1 aliphatic rings. The van der Waals surface area contributed by atoms with Gasteiger partial charge < -0.3 is 5.73 Å². The smallest absolute Gasteiger partial charge is 0.0100 e. The van der Waals surface area contributed by atoms with Crippen LogP contribution in [0.15, 0.2) is 0 Å². The minimum atomic E-state index is 0.673. The van der Waals surface area contributed by atoms with Gasteiger partial charge in [0.1, 0.15) is 0 Å². The lowest BCUT2D eigenvalue weighted by Crippen LogP contribution is -2.43. The Bertz CT molecular complexity index is 168. The molecule has 0 aromatic carbocycles. The third-order valence-electron chi connectivity index (χ3n) is 3.66. The van der Waals surface area contributed by atoms with Crippen molar-refractivity contribution >= 4 is 0 Å². The van der Waals surface area contributed by atoms with Crippen LogP contribution in [0.25, 0.3) is 0 Å². The summed E-state index contributed by atoms with van der Waals surface area (Å²) in [5, 5.41) is 0. The maximum Gasteiger partial charge on any atom is 0.0100 e. The van der Waals surface area contributed by atoms with E-state index in [1.165, 1.54) is 32.2 Å². The van der Waals surface area contributed by atoms with Gasteiger partial charge in [0, 0.05) is 12.1 Å². The number of rotatable bonds is 5. The second-order valence-electron chi connectivity index (χ2n) is 5.40. The van der Waals surface area contributed by atoms with Crippen LogP contribution in [0, 0.1) is 5.92 Å². The largest absolute Gasteiger partial charge is 0.330 e. The number of nitrogens with two attached hydrogens (primary N) is 1. The molecule has 1 aliphatic carbocycles. The first-order valence-electron chi connectivity index (χ1n) is 6.61. The van der Waals surface area contributed by atoms with E-state index in [1.807, 2.05) is 0 Å². The van der Waals surface area contributed by atoms with Gasteiger partial charge in [0.25, 0.3) is 0 Å². The first-order valence-corrected chi connectivity index (χ1v) is 6.61. The maximum atomic E-state index is 5.61. The first-order chi connectivity index (χ1) is 7.15. The molecule has 15 heavy (non-hydrogen) atoms. The van der Waals surface area contributed by atoms with Gasteiger partial charge in [-0.25, -0.2) is 0 Å². The lowest BCUT2D eigenvalue weighted by atomic mass is 9.85. The second-order valence-corrected chi connectivity index (χ2v) is 5.40. The van der Waals surface area contributed by atoms with E-state index in [9.17, 15) is 0 Å². The maximum absolute atomic E-state index is 5.61. The van der Waals surface area contributed by atoms with Crippen LogP contribution in [0.4, 0.5) is 0 Å². The molecule has 0 aromatic rings. The average molecular weight is 212 g/mol. The highest BCUT2D eigenvalue weighted by atomic mass is 15.2. The van der Waals surface area contributed by atoms with Crippen molar-refractivity contribution in [2.24, 2.45) is 11.7 Å². The first kappa shape index (κ1) is 13.0. The minimum Gasteiger partial charge on any atom is -0.330 e. The molecule has 0 aromatic heterocycles. The van der Waals surface area contributed by atoms with E-state index in [1.54, 1.807) is 0 Å². The Labute approximate surface area is 95.2 Å². The van der Waals surface area contributed by atoms with Crippen molar-refractivity contribution in [2.75, 3.05) is 13.1 Å². The Balaban J connectivity index is 2.46. The van der Waals surface area contributed by atoms with Crippen molar-refractivity contribution in [3.05, 3.63) is 0 Å². The summed E-state index contributed by atoms with van der Waals surface area (Å²) >= 11 is 0. The Morgan fingerprint density at radius 1 is 1.33 bits per heavy atom. The van der Waals surface area contributed by atoms with Crippen molar-refractivity contribution in [1.82, 2.24) is 4.90 Å². The molecule has 1 fully saturated rings. The molecule has 2 unspecified atom stereocenters. The summed E-state index contributed by atoms with van der Waals surface area (Å²) in [6, 6.07) is 1.49. The van der Waals surface area contributed by atoms with Crippen molar-refractivity contribution in [2.45, 2.75) is 65.0 Å². The number of hydrogen-bond acceptors (Lipinski definition) is 2. The van der Waals surface area contributed by atoms with Crippen LogP contribution >= 0.6 is 0 Å². The van der Waals surface area contributed by atoms with E-state index >= 15 is 0 Å². The quantitative estimate of drug-likeness (QED) is 0.759. The minimum absolute atomic E-state index is 0.673. The van der Waals surface area contributed by atoms with Crippen molar-refractivity contribution in [3.63, 3.8) is 0 Å². The second kappa shape index (κ2) is 6.49. The van der Waals surface area contributed by atoms with Crippen LogP contribution in [0.5, 0.6) is 0 Å². The third kappa shape index (κ3) is 4.12. The van der Waals surface area contributed by atoms with Crippen LogP contribution in [0.1, 0.15) is 52.9 Å². The summed E-state index contributed by atoms with van der Waals surface area (Å²) in [5.74, 6) is 0.919. The molecule has 1 rings (SSSR count). The summed E-state index contributed by atoms with van der Waals surface area (Å²) < 4.78 is 0. The monoisotopic (exact) mass is 212 g/mol. The third-order valence-corrected chi connectivity index (χ3v) is 3.66. The molecular formula is C13H28N2. The molecule has 0 amide bonds. The summed E-state index contributed by atoms with van der Waals surface area (Å²) in [6.45, 7) is 9.04. The zero-order valence-corrected chi connectivity index (χ0v) is 10.7. The van der Waals surface area contributed by atoms with Gasteiger partial charge in [0.2, 0.25) is 0 Å². The predicted molar refractivity (Wildman–Crippen MR) is 66.9 cm³/mol. The van der Waals surface area contributed by atoms with Crippen LogP contribution in [0.2, 0.25) is 0 Å². The zero-order chi connectivity index (χ0) is 11.3. The molecule has 0 spiro atoms. The SMILES string of the molecule is CC1CCCC(N(CCCN)C(C)C)C1. The van der Waals surface area contributed by atoms with E-state index in [0.29, 0.717) is 6.04 Å². The van der Waals surface area contributed by atoms with Gasteiger partial charge in [-0.15, -0.1) is 0 Å². The van der Waals surface area contributed by atoms with Gasteiger partial charge in [-0.2, -0.15) is 0 Å². The molecule has 2 N–H and O–H groups in total. The summed E-state index contributed by atoms with van der Waals surface area (Å²) in [7, 11) is 0. The molecule has 90 valence electrons. The van der Waals surface area contributed by atoms with E-state index in [-0.39, 0.29) is 0 Å². The van der Waals surface area contributed by atoms with Crippen LogP contribution in [-0.4, -0.2) is 30.1 Å².